The molecule has 0 aliphatic rings. The molecule has 6 heteroatoms. The van der Waals surface area contributed by atoms with Crippen LogP contribution in [0.25, 0.3) is 0 Å². The highest BCUT2D eigenvalue weighted by molar-refractivity contribution is 9.11. The van der Waals surface area contributed by atoms with E-state index in [1.54, 1.807) is 12.1 Å². The standard InChI is InChI=1S/C13H16Br2O4/c1-8(2)18-6-10(17)7-19-13-11(14)3-9(5-16)4-12(13)15/h3-5,8,10,17H,6-7H2,1-2H3. The Morgan fingerprint density at radius 1 is 1.26 bits per heavy atom. The first-order valence-electron chi connectivity index (χ1n) is 5.80. The minimum Gasteiger partial charge on any atom is -0.488 e. The quantitative estimate of drug-likeness (QED) is 0.720. The van der Waals surface area contributed by atoms with Gasteiger partial charge in [-0.2, -0.15) is 0 Å². The maximum atomic E-state index is 10.7. The predicted molar refractivity (Wildman–Crippen MR) is 79.8 cm³/mol. The molecule has 1 rings (SSSR count). The van der Waals surface area contributed by atoms with Crippen molar-refractivity contribution in [2.75, 3.05) is 13.2 Å². The molecule has 0 saturated heterocycles. The van der Waals surface area contributed by atoms with Crippen molar-refractivity contribution in [3.05, 3.63) is 26.6 Å². The van der Waals surface area contributed by atoms with Crippen molar-refractivity contribution in [1.29, 1.82) is 0 Å². The zero-order valence-corrected chi connectivity index (χ0v) is 13.9. The number of rotatable bonds is 7. The molecule has 0 heterocycles. The van der Waals surface area contributed by atoms with Crippen LogP contribution in [0, 0.1) is 0 Å². The van der Waals surface area contributed by atoms with Crippen LogP contribution in [0.5, 0.6) is 5.75 Å². The SMILES string of the molecule is CC(C)OCC(O)COc1c(Br)cc(C=O)cc1Br. The Kier molecular flexibility index (Phi) is 6.99. The summed E-state index contributed by atoms with van der Waals surface area (Å²) in [6.07, 6.45) is 0.122. The normalized spacial score (nSPS) is 12.5. The number of aldehydes is 1. The lowest BCUT2D eigenvalue weighted by Gasteiger charge is -2.16. The van der Waals surface area contributed by atoms with Crippen LogP contribution in [0.15, 0.2) is 21.1 Å². The monoisotopic (exact) mass is 394 g/mol. The van der Waals surface area contributed by atoms with Gasteiger partial charge in [0.05, 0.1) is 21.7 Å². The minimum atomic E-state index is -0.702. The number of ether oxygens (including phenoxy) is 2. The molecule has 0 radical (unpaired) electrons. The fourth-order valence-corrected chi connectivity index (χ4v) is 2.77. The van der Waals surface area contributed by atoms with Gasteiger partial charge >= 0.3 is 0 Å². The predicted octanol–water partition coefficient (Wildman–Crippen LogP) is 3.19. The molecule has 0 amide bonds. The highest BCUT2D eigenvalue weighted by Gasteiger charge is 2.12. The van der Waals surface area contributed by atoms with Crippen LogP contribution in [-0.4, -0.2) is 36.8 Å². The highest BCUT2D eigenvalue weighted by Crippen LogP contribution is 2.34. The molecule has 1 aromatic rings. The van der Waals surface area contributed by atoms with Crippen LogP contribution in [0.3, 0.4) is 0 Å². The molecule has 1 unspecified atom stereocenters. The maximum absolute atomic E-state index is 10.7. The van der Waals surface area contributed by atoms with E-state index < -0.39 is 6.10 Å². The van der Waals surface area contributed by atoms with Crippen molar-refractivity contribution in [1.82, 2.24) is 0 Å². The summed E-state index contributed by atoms with van der Waals surface area (Å²) in [5.41, 5.74) is 0.537. The van der Waals surface area contributed by atoms with Gasteiger partial charge in [0.25, 0.3) is 0 Å². The fourth-order valence-electron chi connectivity index (χ4n) is 1.32. The molecule has 106 valence electrons. The van der Waals surface area contributed by atoms with Crippen LogP contribution in [0.4, 0.5) is 0 Å². The van der Waals surface area contributed by atoms with Crippen LogP contribution in [0.1, 0.15) is 24.2 Å². The van der Waals surface area contributed by atoms with E-state index in [-0.39, 0.29) is 19.3 Å². The molecular formula is C13H16Br2O4. The van der Waals surface area contributed by atoms with E-state index in [0.717, 1.165) is 6.29 Å². The third-order valence-electron chi connectivity index (χ3n) is 2.20. The fraction of sp³-hybridized carbons (Fsp3) is 0.462. The third-order valence-corrected chi connectivity index (χ3v) is 3.38. The second-order valence-electron chi connectivity index (χ2n) is 4.28. The Balaban J connectivity index is 2.60. The molecule has 0 aliphatic carbocycles. The molecule has 1 atom stereocenters. The second-order valence-corrected chi connectivity index (χ2v) is 5.99. The van der Waals surface area contributed by atoms with Gasteiger partial charge in [-0.15, -0.1) is 0 Å². The summed E-state index contributed by atoms with van der Waals surface area (Å²) in [5, 5.41) is 9.71. The topological polar surface area (TPSA) is 55.8 Å². The lowest BCUT2D eigenvalue weighted by molar-refractivity contribution is -0.0124. The summed E-state index contributed by atoms with van der Waals surface area (Å²) in [6, 6.07) is 3.31. The molecule has 0 saturated carbocycles. The second kappa shape index (κ2) is 7.99. The van der Waals surface area contributed by atoms with Gasteiger partial charge in [-0.1, -0.05) is 0 Å². The van der Waals surface area contributed by atoms with Crippen LogP contribution in [0.2, 0.25) is 0 Å². The van der Waals surface area contributed by atoms with Gasteiger partial charge in [0.1, 0.15) is 24.7 Å². The summed E-state index contributed by atoms with van der Waals surface area (Å²) in [5.74, 6) is 0.550. The van der Waals surface area contributed by atoms with Crippen LogP contribution >= 0.6 is 31.9 Å². The lowest BCUT2D eigenvalue weighted by Crippen LogP contribution is -2.25. The molecule has 0 bridgehead atoms. The third kappa shape index (κ3) is 5.60. The largest absolute Gasteiger partial charge is 0.488 e. The van der Waals surface area contributed by atoms with Gasteiger partial charge in [0.15, 0.2) is 0 Å². The first-order chi connectivity index (χ1) is 8.93. The molecule has 0 aliphatic heterocycles. The Hall–Kier alpha value is -0.430. The molecular weight excluding hydrogens is 380 g/mol. The van der Waals surface area contributed by atoms with E-state index in [1.807, 2.05) is 13.8 Å². The molecule has 0 fully saturated rings. The number of aliphatic hydroxyl groups excluding tert-OH is 1. The van der Waals surface area contributed by atoms with Gasteiger partial charge in [-0.3, -0.25) is 4.79 Å². The number of hydrogen-bond acceptors (Lipinski definition) is 4. The molecule has 1 aromatic carbocycles. The van der Waals surface area contributed by atoms with Gasteiger partial charge in [0, 0.05) is 5.56 Å². The van der Waals surface area contributed by atoms with Crippen molar-refractivity contribution in [3.63, 3.8) is 0 Å². The Labute approximate surface area is 129 Å². The number of halogens is 2. The Bertz CT molecular complexity index is 412. The first-order valence-corrected chi connectivity index (χ1v) is 7.39. The minimum absolute atomic E-state index is 0.0694. The summed E-state index contributed by atoms with van der Waals surface area (Å²) >= 11 is 6.65. The first kappa shape index (κ1) is 16.6. The lowest BCUT2D eigenvalue weighted by atomic mass is 10.2. The summed E-state index contributed by atoms with van der Waals surface area (Å²) in [7, 11) is 0. The average Bonchev–Trinajstić information content (AvgIpc) is 2.34. The Morgan fingerprint density at radius 2 is 1.84 bits per heavy atom. The van der Waals surface area contributed by atoms with Crippen molar-refractivity contribution >= 4 is 38.1 Å². The molecule has 4 nitrogen and oxygen atoms in total. The zero-order valence-electron chi connectivity index (χ0n) is 10.7. The van der Waals surface area contributed by atoms with Crippen molar-refractivity contribution in [3.8, 4) is 5.75 Å². The van der Waals surface area contributed by atoms with Crippen LogP contribution < -0.4 is 4.74 Å². The van der Waals surface area contributed by atoms with Crippen LogP contribution in [-0.2, 0) is 4.74 Å². The van der Waals surface area contributed by atoms with Crippen molar-refractivity contribution < 1.29 is 19.4 Å². The summed E-state index contributed by atoms with van der Waals surface area (Å²) in [4.78, 5) is 10.7. The highest BCUT2D eigenvalue weighted by atomic mass is 79.9. The Morgan fingerprint density at radius 3 is 2.32 bits per heavy atom. The van der Waals surface area contributed by atoms with Gasteiger partial charge in [0.2, 0.25) is 0 Å². The van der Waals surface area contributed by atoms with E-state index in [0.29, 0.717) is 20.3 Å². The summed E-state index contributed by atoms with van der Waals surface area (Å²) in [6.45, 7) is 4.14. The van der Waals surface area contributed by atoms with Gasteiger partial charge < -0.3 is 14.6 Å². The number of hydrogen-bond donors (Lipinski definition) is 1. The smallest absolute Gasteiger partial charge is 0.150 e. The summed E-state index contributed by atoms with van der Waals surface area (Å²) < 4.78 is 12.1. The van der Waals surface area contributed by atoms with Crippen molar-refractivity contribution in [2.45, 2.75) is 26.1 Å². The van der Waals surface area contributed by atoms with E-state index in [4.69, 9.17) is 9.47 Å². The van der Waals surface area contributed by atoms with E-state index >= 15 is 0 Å². The number of carbonyl (C=O) groups excluding carboxylic acids is 1. The number of benzene rings is 1. The van der Waals surface area contributed by atoms with E-state index in [9.17, 15) is 9.90 Å². The number of carbonyl (C=O) groups is 1. The van der Waals surface area contributed by atoms with Crippen molar-refractivity contribution in [2.24, 2.45) is 0 Å². The maximum Gasteiger partial charge on any atom is 0.150 e. The zero-order chi connectivity index (χ0) is 14.4. The van der Waals surface area contributed by atoms with E-state index in [1.165, 1.54) is 0 Å². The molecule has 0 aromatic heterocycles. The average molecular weight is 396 g/mol. The van der Waals surface area contributed by atoms with E-state index in [2.05, 4.69) is 31.9 Å². The van der Waals surface area contributed by atoms with Gasteiger partial charge in [-0.05, 0) is 57.8 Å². The molecule has 1 N–H and O–H groups in total. The number of aliphatic hydroxyl groups is 1. The molecule has 0 spiro atoms. The van der Waals surface area contributed by atoms with Gasteiger partial charge in [-0.25, -0.2) is 0 Å². The molecule has 19 heavy (non-hydrogen) atoms.